The lowest BCUT2D eigenvalue weighted by Crippen LogP contribution is -2.20. The fourth-order valence-electron chi connectivity index (χ4n) is 2.73. The normalized spacial score (nSPS) is 14.9. The van der Waals surface area contributed by atoms with Crippen LogP contribution in [0.4, 0.5) is 5.69 Å². The van der Waals surface area contributed by atoms with E-state index in [1.54, 1.807) is 0 Å². The van der Waals surface area contributed by atoms with Crippen LogP contribution in [0.5, 0.6) is 5.75 Å². The lowest BCUT2D eigenvalue weighted by Gasteiger charge is -2.20. The first-order valence-corrected chi connectivity index (χ1v) is 7.58. The SMILES string of the molecule is CCOc1ccc(C(N)c2ccc3c(c2)CCC(=O)N3)cc1. The minimum atomic E-state index is -0.182. The highest BCUT2D eigenvalue weighted by Gasteiger charge is 2.17. The molecule has 1 aliphatic heterocycles. The number of carbonyl (C=O) groups is 1. The maximum absolute atomic E-state index is 11.4. The molecular weight excluding hydrogens is 276 g/mol. The summed E-state index contributed by atoms with van der Waals surface area (Å²) < 4.78 is 5.45. The van der Waals surface area contributed by atoms with Gasteiger partial charge in [0.1, 0.15) is 5.75 Å². The van der Waals surface area contributed by atoms with Crippen molar-refractivity contribution in [2.75, 3.05) is 11.9 Å². The van der Waals surface area contributed by atoms with Crippen LogP contribution in [0.1, 0.15) is 36.1 Å². The summed E-state index contributed by atoms with van der Waals surface area (Å²) in [5, 5.41) is 2.89. The van der Waals surface area contributed by atoms with E-state index >= 15 is 0 Å². The quantitative estimate of drug-likeness (QED) is 0.911. The minimum absolute atomic E-state index is 0.0797. The summed E-state index contributed by atoms with van der Waals surface area (Å²) in [5.41, 5.74) is 10.5. The predicted molar refractivity (Wildman–Crippen MR) is 87.0 cm³/mol. The second-order valence-corrected chi connectivity index (χ2v) is 5.44. The molecule has 0 aromatic heterocycles. The average Bonchev–Trinajstić information content (AvgIpc) is 2.55. The first kappa shape index (κ1) is 14.6. The van der Waals surface area contributed by atoms with E-state index in [-0.39, 0.29) is 11.9 Å². The number of carbonyl (C=O) groups excluding carboxylic acids is 1. The molecular formula is C18H20N2O2. The largest absolute Gasteiger partial charge is 0.494 e. The zero-order valence-electron chi connectivity index (χ0n) is 12.6. The highest BCUT2D eigenvalue weighted by Crippen LogP contribution is 2.28. The number of hydrogen-bond acceptors (Lipinski definition) is 3. The molecule has 3 N–H and O–H groups in total. The number of ether oxygens (including phenoxy) is 1. The van der Waals surface area contributed by atoms with Crippen molar-refractivity contribution in [1.29, 1.82) is 0 Å². The molecule has 0 fully saturated rings. The molecule has 4 heteroatoms. The van der Waals surface area contributed by atoms with Gasteiger partial charge in [-0.2, -0.15) is 0 Å². The van der Waals surface area contributed by atoms with Crippen LogP contribution in [0.15, 0.2) is 42.5 Å². The zero-order valence-corrected chi connectivity index (χ0v) is 12.6. The summed E-state index contributed by atoms with van der Waals surface area (Å²) in [6.45, 7) is 2.62. The Hall–Kier alpha value is -2.33. The lowest BCUT2D eigenvalue weighted by atomic mass is 9.94. The Morgan fingerprint density at radius 3 is 2.59 bits per heavy atom. The number of amides is 1. The number of nitrogens with one attached hydrogen (secondary N) is 1. The van der Waals surface area contributed by atoms with Gasteiger partial charge >= 0.3 is 0 Å². The Morgan fingerprint density at radius 2 is 1.86 bits per heavy atom. The second-order valence-electron chi connectivity index (χ2n) is 5.44. The van der Waals surface area contributed by atoms with E-state index in [1.165, 1.54) is 0 Å². The Labute approximate surface area is 130 Å². The molecule has 3 rings (SSSR count). The van der Waals surface area contributed by atoms with E-state index in [4.69, 9.17) is 10.5 Å². The first-order valence-electron chi connectivity index (χ1n) is 7.58. The van der Waals surface area contributed by atoms with Crippen molar-refractivity contribution in [1.82, 2.24) is 0 Å². The van der Waals surface area contributed by atoms with Crippen molar-refractivity contribution in [2.45, 2.75) is 25.8 Å². The maximum Gasteiger partial charge on any atom is 0.224 e. The number of nitrogens with two attached hydrogens (primary N) is 1. The molecule has 0 bridgehead atoms. The Morgan fingerprint density at radius 1 is 1.14 bits per heavy atom. The molecule has 22 heavy (non-hydrogen) atoms. The van der Waals surface area contributed by atoms with Gasteiger partial charge in [-0.3, -0.25) is 4.79 Å². The van der Waals surface area contributed by atoms with Crippen LogP contribution >= 0.6 is 0 Å². The Bertz CT molecular complexity index is 680. The molecule has 0 saturated heterocycles. The lowest BCUT2D eigenvalue weighted by molar-refractivity contribution is -0.116. The Balaban J connectivity index is 1.82. The van der Waals surface area contributed by atoms with Gasteiger partial charge in [-0.15, -0.1) is 0 Å². The molecule has 0 radical (unpaired) electrons. The molecule has 2 aromatic rings. The summed E-state index contributed by atoms with van der Waals surface area (Å²) in [5.74, 6) is 0.933. The molecule has 4 nitrogen and oxygen atoms in total. The van der Waals surface area contributed by atoms with E-state index in [2.05, 4.69) is 11.4 Å². The molecule has 2 aromatic carbocycles. The number of fused-ring (bicyclic) bond motifs is 1. The average molecular weight is 296 g/mol. The third-order valence-electron chi connectivity index (χ3n) is 3.93. The molecule has 0 saturated carbocycles. The van der Waals surface area contributed by atoms with Crippen molar-refractivity contribution in [3.05, 3.63) is 59.2 Å². The Kier molecular flexibility index (Phi) is 4.11. The summed E-state index contributed by atoms with van der Waals surface area (Å²) in [4.78, 5) is 11.4. The van der Waals surface area contributed by atoms with Crippen LogP contribution in [0.3, 0.4) is 0 Å². The van der Waals surface area contributed by atoms with Crippen LogP contribution in [-0.2, 0) is 11.2 Å². The molecule has 1 aliphatic rings. The molecule has 1 heterocycles. The maximum atomic E-state index is 11.4. The fourth-order valence-corrected chi connectivity index (χ4v) is 2.73. The van der Waals surface area contributed by atoms with Crippen molar-refractivity contribution >= 4 is 11.6 Å². The minimum Gasteiger partial charge on any atom is -0.494 e. The summed E-state index contributed by atoms with van der Waals surface area (Å²) in [6, 6.07) is 13.7. The predicted octanol–water partition coefficient (Wildman–Crippen LogP) is 3.02. The van der Waals surface area contributed by atoms with Gasteiger partial charge in [-0.1, -0.05) is 24.3 Å². The van der Waals surface area contributed by atoms with Crippen molar-refractivity contribution in [3.8, 4) is 5.75 Å². The molecule has 0 spiro atoms. The van der Waals surface area contributed by atoms with Gasteiger partial charge in [0, 0.05) is 12.1 Å². The number of hydrogen-bond donors (Lipinski definition) is 2. The molecule has 1 atom stereocenters. The molecule has 1 unspecified atom stereocenters. The summed E-state index contributed by atoms with van der Waals surface area (Å²) in [7, 11) is 0. The highest BCUT2D eigenvalue weighted by atomic mass is 16.5. The smallest absolute Gasteiger partial charge is 0.224 e. The topological polar surface area (TPSA) is 64.3 Å². The summed E-state index contributed by atoms with van der Waals surface area (Å²) in [6.07, 6.45) is 1.31. The van der Waals surface area contributed by atoms with Gasteiger partial charge in [-0.05, 0) is 48.2 Å². The monoisotopic (exact) mass is 296 g/mol. The van der Waals surface area contributed by atoms with Crippen molar-refractivity contribution in [3.63, 3.8) is 0 Å². The van der Waals surface area contributed by atoms with Gasteiger partial charge in [0.05, 0.1) is 12.6 Å². The van der Waals surface area contributed by atoms with E-state index in [0.29, 0.717) is 13.0 Å². The van der Waals surface area contributed by atoms with Crippen LogP contribution in [0.25, 0.3) is 0 Å². The van der Waals surface area contributed by atoms with Gasteiger partial charge in [0.25, 0.3) is 0 Å². The van der Waals surface area contributed by atoms with E-state index < -0.39 is 0 Å². The van der Waals surface area contributed by atoms with Crippen LogP contribution in [0, 0.1) is 0 Å². The third kappa shape index (κ3) is 2.97. The van der Waals surface area contributed by atoms with E-state index in [1.807, 2.05) is 43.3 Å². The fraction of sp³-hybridized carbons (Fsp3) is 0.278. The van der Waals surface area contributed by atoms with Gasteiger partial charge < -0.3 is 15.8 Å². The van der Waals surface area contributed by atoms with Gasteiger partial charge in [-0.25, -0.2) is 0 Å². The zero-order chi connectivity index (χ0) is 15.5. The second kappa shape index (κ2) is 6.20. The number of anilines is 1. The first-order chi connectivity index (χ1) is 10.7. The van der Waals surface area contributed by atoms with Crippen molar-refractivity contribution < 1.29 is 9.53 Å². The van der Waals surface area contributed by atoms with Gasteiger partial charge in [0.15, 0.2) is 0 Å². The van der Waals surface area contributed by atoms with Crippen LogP contribution < -0.4 is 15.8 Å². The third-order valence-corrected chi connectivity index (χ3v) is 3.93. The molecule has 114 valence electrons. The number of rotatable bonds is 4. The highest BCUT2D eigenvalue weighted by molar-refractivity contribution is 5.93. The van der Waals surface area contributed by atoms with Gasteiger partial charge in [0.2, 0.25) is 5.91 Å². The molecule has 0 aliphatic carbocycles. The molecule has 1 amide bonds. The number of aryl methyl sites for hydroxylation is 1. The summed E-state index contributed by atoms with van der Waals surface area (Å²) >= 11 is 0. The van der Waals surface area contributed by atoms with Crippen LogP contribution in [-0.4, -0.2) is 12.5 Å². The van der Waals surface area contributed by atoms with E-state index in [0.717, 1.165) is 34.5 Å². The van der Waals surface area contributed by atoms with Crippen molar-refractivity contribution in [2.24, 2.45) is 5.73 Å². The number of benzene rings is 2. The van der Waals surface area contributed by atoms with E-state index in [9.17, 15) is 4.79 Å². The van der Waals surface area contributed by atoms with Crippen LogP contribution in [0.2, 0.25) is 0 Å². The standard InChI is InChI=1S/C18H20N2O2/c1-2-22-15-7-3-12(4-8-15)18(19)14-5-9-16-13(11-14)6-10-17(21)20-16/h3-5,7-9,11,18H,2,6,10,19H2,1H3,(H,20,21).